The van der Waals surface area contributed by atoms with Gasteiger partial charge in [-0.15, -0.1) is 0 Å². The Morgan fingerprint density at radius 2 is 2.39 bits per heavy atom. The van der Waals surface area contributed by atoms with Crippen LogP contribution in [0.5, 0.6) is 0 Å². The van der Waals surface area contributed by atoms with Gasteiger partial charge in [0.1, 0.15) is 5.82 Å². The van der Waals surface area contributed by atoms with Gasteiger partial charge in [-0.3, -0.25) is 0 Å². The minimum Gasteiger partial charge on any atom is -0.330 e. The molecule has 2 heterocycles. The first-order valence-electron chi connectivity index (χ1n) is 6.26. The summed E-state index contributed by atoms with van der Waals surface area (Å²) in [6, 6.07) is 7.05. The van der Waals surface area contributed by atoms with E-state index >= 15 is 0 Å². The molecule has 0 amide bonds. The molecule has 1 aliphatic rings. The molecule has 0 radical (unpaired) electrons. The minimum absolute atomic E-state index is 0.184. The molecule has 1 unspecified atom stereocenters. The molecule has 1 aromatic carbocycles. The van der Waals surface area contributed by atoms with Crippen LogP contribution in [-0.4, -0.2) is 16.1 Å². The van der Waals surface area contributed by atoms with Crippen molar-refractivity contribution >= 4 is 0 Å². The summed E-state index contributed by atoms with van der Waals surface area (Å²) in [4.78, 5) is 4.46. The lowest BCUT2D eigenvalue weighted by Crippen LogP contribution is -2.29. The average molecular weight is 245 g/mol. The fourth-order valence-corrected chi connectivity index (χ4v) is 2.53. The Hall–Kier alpha value is -1.68. The van der Waals surface area contributed by atoms with Gasteiger partial charge in [0.05, 0.1) is 12.0 Å². The van der Waals surface area contributed by atoms with E-state index in [2.05, 4.69) is 21.8 Å². The van der Waals surface area contributed by atoms with E-state index in [1.54, 1.807) is 12.1 Å². The van der Waals surface area contributed by atoms with E-state index in [-0.39, 0.29) is 5.82 Å². The molecule has 0 saturated carbocycles. The van der Waals surface area contributed by atoms with Crippen molar-refractivity contribution in [1.29, 1.82) is 0 Å². The normalized spacial score (nSPS) is 18.7. The summed E-state index contributed by atoms with van der Waals surface area (Å²) < 4.78 is 15.3. The van der Waals surface area contributed by atoms with E-state index in [0.29, 0.717) is 12.6 Å². The summed E-state index contributed by atoms with van der Waals surface area (Å²) in [6.45, 7) is 3.79. The maximum Gasteiger partial charge on any atom is 0.123 e. The smallest absolute Gasteiger partial charge is 0.123 e. The number of hydrogen-bond acceptors (Lipinski definition) is 2. The first kappa shape index (κ1) is 11.4. The van der Waals surface area contributed by atoms with Crippen molar-refractivity contribution in [2.24, 2.45) is 0 Å². The number of aromatic nitrogens is 2. The average Bonchev–Trinajstić information content (AvgIpc) is 2.74. The van der Waals surface area contributed by atoms with Crippen molar-refractivity contribution < 1.29 is 4.39 Å². The van der Waals surface area contributed by atoms with Crippen LogP contribution < -0.4 is 5.32 Å². The molecular weight excluding hydrogens is 229 g/mol. The lowest BCUT2D eigenvalue weighted by Gasteiger charge is -2.21. The number of benzene rings is 1. The highest BCUT2D eigenvalue weighted by Gasteiger charge is 2.20. The van der Waals surface area contributed by atoms with Gasteiger partial charge < -0.3 is 9.88 Å². The van der Waals surface area contributed by atoms with Gasteiger partial charge in [0, 0.05) is 31.2 Å². The second-order valence-electron chi connectivity index (χ2n) is 4.76. The molecule has 1 aromatic heterocycles. The molecule has 2 aromatic rings. The van der Waals surface area contributed by atoms with Crippen LogP contribution in [0.3, 0.4) is 0 Å². The molecule has 0 saturated heterocycles. The number of imidazole rings is 1. The summed E-state index contributed by atoms with van der Waals surface area (Å²) in [5, 5.41) is 3.39. The molecule has 3 rings (SSSR count). The first-order chi connectivity index (χ1) is 8.74. The third-order valence-electron chi connectivity index (χ3n) is 3.44. The monoisotopic (exact) mass is 245 g/mol. The lowest BCUT2D eigenvalue weighted by atomic mass is 10.1. The summed E-state index contributed by atoms with van der Waals surface area (Å²) in [7, 11) is 0. The van der Waals surface area contributed by atoms with Gasteiger partial charge in [-0.2, -0.15) is 0 Å². The number of rotatable bonds is 2. The number of nitrogens with one attached hydrogen (secondary N) is 1. The molecule has 0 spiro atoms. The Kier molecular flexibility index (Phi) is 2.88. The van der Waals surface area contributed by atoms with Crippen molar-refractivity contribution in [3.8, 4) is 0 Å². The van der Waals surface area contributed by atoms with Gasteiger partial charge in [-0.05, 0) is 24.6 Å². The Bertz CT molecular complexity index is 562. The third kappa shape index (κ3) is 2.04. The van der Waals surface area contributed by atoms with Crippen molar-refractivity contribution in [3.05, 3.63) is 53.4 Å². The number of fused-ring (bicyclic) bond motifs is 1. The lowest BCUT2D eigenvalue weighted by molar-refractivity contribution is 0.516. The third-order valence-corrected chi connectivity index (χ3v) is 3.44. The molecule has 94 valence electrons. The van der Waals surface area contributed by atoms with Crippen molar-refractivity contribution in [2.45, 2.75) is 25.9 Å². The van der Waals surface area contributed by atoms with Crippen LogP contribution in [0.4, 0.5) is 4.39 Å². The highest BCUT2D eigenvalue weighted by molar-refractivity contribution is 5.23. The maximum absolute atomic E-state index is 13.2. The maximum atomic E-state index is 13.2. The Morgan fingerprint density at radius 1 is 1.50 bits per heavy atom. The standard InChI is InChI=1S/C14H16FN3/c1-10-14-13(5-6-16-10)18(9-17-14)8-11-3-2-4-12(15)7-11/h2-4,7,9-10,16H,5-6,8H2,1H3. The summed E-state index contributed by atoms with van der Waals surface area (Å²) in [5.74, 6) is -0.184. The van der Waals surface area contributed by atoms with Gasteiger partial charge in [-0.1, -0.05) is 12.1 Å². The van der Waals surface area contributed by atoms with Gasteiger partial charge in [0.15, 0.2) is 0 Å². The molecule has 1 atom stereocenters. The summed E-state index contributed by atoms with van der Waals surface area (Å²) in [5.41, 5.74) is 3.37. The first-order valence-corrected chi connectivity index (χ1v) is 6.26. The van der Waals surface area contributed by atoms with Crippen LogP contribution >= 0.6 is 0 Å². The fraction of sp³-hybridized carbons (Fsp3) is 0.357. The Balaban J connectivity index is 1.90. The highest BCUT2D eigenvalue weighted by Crippen LogP contribution is 2.21. The second-order valence-corrected chi connectivity index (χ2v) is 4.76. The predicted octanol–water partition coefficient (Wildman–Crippen LogP) is 2.28. The zero-order valence-corrected chi connectivity index (χ0v) is 10.4. The van der Waals surface area contributed by atoms with Crippen molar-refractivity contribution in [2.75, 3.05) is 6.54 Å². The van der Waals surface area contributed by atoms with Gasteiger partial charge >= 0.3 is 0 Å². The van der Waals surface area contributed by atoms with E-state index < -0.39 is 0 Å². The molecule has 0 bridgehead atoms. The van der Waals surface area contributed by atoms with Gasteiger partial charge in [-0.25, -0.2) is 9.37 Å². The molecule has 0 aliphatic carbocycles. The van der Waals surface area contributed by atoms with E-state index in [1.807, 2.05) is 12.4 Å². The van der Waals surface area contributed by atoms with Crippen LogP contribution in [0.1, 0.15) is 29.9 Å². The zero-order valence-electron chi connectivity index (χ0n) is 10.4. The van der Waals surface area contributed by atoms with Gasteiger partial charge in [0.25, 0.3) is 0 Å². The van der Waals surface area contributed by atoms with Crippen LogP contribution in [0.15, 0.2) is 30.6 Å². The van der Waals surface area contributed by atoms with Crippen LogP contribution in [0, 0.1) is 5.82 Å². The largest absolute Gasteiger partial charge is 0.330 e. The van der Waals surface area contributed by atoms with Crippen LogP contribution in [0.2, 0.25) is 0 Å². The quantitative estimate of drug-likeness (QED) is 0.879. The molecular formula is C14H16FN3. The molecule has 18 heavy (non-hydrogen) atoms. The molecule has 1 N–H and O–H groups in total. The van der Waals surface area contributed by atoms with E-state index in [4.69, 9.17) is 0 Å². The minimum atomic E-state index is -0.184. The Labute approximate surface area is 106 Å². The van der Waals surface area contributed by atoms with Crippen LogP contribution in [-0.2, 0) is 13.0 Å². The second kappa shape index (κ2) is 4.53. The molecule has 0 fully saturated rings. The SMILES string of the molecule is CC1NCCc2c1ncn2Cc1cccc(F)c1. The fourth-order valence-electron chi connectivity index (χ4n) is 2.53. The van der Waals surface area contributed by atoms with E-state index in [9.17, 15) is 4.39 Å². The highest BCUT2D eigenvalue weighted by atomic mass is 19.1. The molecule has 1 aliphatic heterocycles. The van der Waals surface area contributed by atoms with Crippen LogP contribution in [0.25, 0.3) is 0 Å². The number of hydrogen-bond donors (Lipinski definition) is 1. The zero-order chi connectivity index (χ0) is 12.5. The van der Waals surface area contributed by atoms with E-state index in [1.165, 1.54) is 11.8 Å². The van der Waals surface area contributed by atoms with E-state index in [0.717, 1.165) is 24.2 Å². The Morgan fingerprint density at radius 3 is 3.22 bits per heavy atom. The summed E-state index contributed by atoms with van der Waals surface area (Å²) in [6.07, 6.45) is 2.84. The topological polar surface area (TPSA) is 29.9 Å². The van der Waals surface area contributed by atoms with Crippen molar-refractivity contribution in [3.63, 3.8) is 0 Å². The summed E-state index contributed by atoms with van der Waals surface area (Å²) >= 11 is 0. The van der Waals surface area contributed by atoms with Gasteiger partial charge in [0.2, 0.25) is 0 Å². The predicted molar refractivity (Wildman–Crippen MR) is 67.9 cm³/mol. The number of halogens is 1. The number of nitrogens with zero attached hydrogens (tertiary/aromatic N) is 2. The molecule has 3 nitrogen and oxygen atoms in total. The van der Waals surface area contributed by atoms with Crippen molar-refractivity contribution in [1.82, 2.24) is 14.9 Å². The molecule has 4 heteroatoms.